The van der Waals surface area contributed by atoms with Crippen LogP contribution in [0.2, 0.25) is 0 Å². The van der Waals surface area contributed by atoms with E-state index in [1.807, 2.05) is 25.1 Å². The maximum atomic E-state index is 10.3. The first-order valence-electron chi connectivity index (χ1n) is 4.82. The molecular formula is C11H14BrNO2. The SMILES string of the molecule is Cc1c(Br)cccc1NCCCC(=O)O. The van der Waals surface area contributed by atoms with E-state index < -0.39 is 5.97 Å². The number of benzene rings is 1. The van der Waals surface area contributed by atoms with Gasteiger partial charge in [0.25, 0.3) is 0 Å². The molecule has 0 aromatic heterocycles. The maximum absolute atomic E-state index is 10.3. The predicted molar refractivity (Wildman–Crippen MR) is 64.2 cm³/mol. The van der Waals surface area contributed by atoms with Crippen molar-refractivity contribution < 1.29 is 9.90 Å². The summed E-state index contributed by atoms with van der Waals surface area (Å²) in [5, 5.41) is 11.7. The quantitative estimate of drug-likeness (QED) is 0.810. The average Bonchev–Trinajstić information content (AvgIpc) is 2.18. The van der Waals surface area contributed by atoms with Crippen LogP contribution < -0.4 is 5.32 Å². The Hall–Kier alpha value is -1.03. The normalized spacial score (nSPS) is 10.0. The number of carbonyl (C=O) groups is 1. The Balaban J connectivity index is 2.44. The van der Waals surface area contributed by atoms with Crippen molar-refractivity contribution in [3.05, 3.63) is 28.2 Å². The van der Waals surface area contributed by atoms with Crippen molar-refractivity contribution >= 4 is 27.6 Å². The largest absolute Gasteiger partial charge is 0.481 e. The molecule has 0 unspecified atom stereocenters. The van der Waals surface area contributed by atoms with E-state index in [-0.39, 0.29) is 6.42 Å². The molecule has 0 amide bonds. The molecular weight excluding hydrogens is 258 g/mol. The molecule has 0 spiro atoms. The van der Waals surface area contributed by atoms with Crippen LogP contribution in [0.25, 0.3) is 0 Å². The molecule has 4 heteroatoms. The van der Waals surface area contributed by atoms with Crippen LogP contribution in [0.3, 0.4) is 0 Å². The van der Waals surface area contributed by atoms with Gasteiger partial charge in [-0.2, -0.15) is 0 Å². The minimum Gasteiger partial charge on any atom is -0.481 e. The van der Waals surface area contributed by atoms with Crippen LogP contribution in [-0.2, 0) is 4.79 Å². The first kappa shape index (κ1) is 12.0. The second-order valence-electron chi connectivity index (χ2n) is 3.34. The van der Waals surface area contributed by atoms with Gasteiger partial charge in [-0.3, -0.25) is 4.79 Å². The third kappa shape index (κ3) is 3.91. The Morgan fingerprint density at radius 3 is 2.93 bits per heavy atom. The van der Waals surface area contributed by atoms with E-state index in [9.17, 15) is 4.79 Å². The number of hydrogen-bond donors (Lipinski definition) is 2. The fourth-order valence-electron chi connectivity index (χ4n) is 1.26. The third-order valence-corrected chi connectivity index (χ3v) is 3.01. The van der Waals surface area contributed by atoms with Crippen LogP contribution in [-0.4, -0.2) is 17.6 Å². The van der Waals surface area contributed by atoms with Gasteiger partial charge in [0.2, 0.25) is 0 Å². The van der Waals surface area contributed by atoms with Crippen LogP contribution >= 0.6 is 15.9 Å². The van der Waals surface area contributed by atoms with E-state index in [0.717, 1.165) is 15.7 Å². The Morgan fingerprint density at radius 1 is 1.53 bits per heavy atom. The summed E-state index contributed by atoms with van der Waals surface area (Å²) in [6, 6.07) is 5.93. The fraction of sp³-hybridized carbons (Fsp3) is 0.364. The Bertz CT molecular complexity index is 352. The van der Waals surface area contributed by atoms with Gasteiger partial charge in [0.1, 0.15) is 0 Å². The summed E-state index contributed by atoms with van der Waals surface area (Å²) >= 11 is 3.44. The zero-order chi connectivity index (χ0) is 11.3. The summed E-state index contributed by atoms with van der Waals surface area (Å²) in [5.41, 5.74) is 2.20. The highest BCUT2D eigenvalue weighted by atomic mass is 79.9. The highest BCUT2D eigenvalue weighted by molar-refractivity contribution is 9.10. The van der Waals surface area contributed by atoms with Crippen molar-refractivity contribution in [2.45, 2.75) is 19.8 Å². The second-order valence-corrected chi connectivity index (χ2v) is 4.19. The third-order valence-electron chi connectivity index (χ3n) is 2.15. The standard InChI is InChI=1S/C11H14BrNO2/c1-8-9(12)4-2-5-10(8)13-7-3-6-11(14)15/h2,4-5,13H,3,6-7H2,1H3,(H,14,15). The van der Waals surface area contributed by atoms with E-state index in [1.165, 1.54) is 0 Å². The molecule has 15 heavy (non-hydrogen) atoms. The summed E-state index contributed by atoms with van der Waals surface area (Å²) < 4.78 is 1.06. The summed E-state index contributed by atoms with van der Waals surface area (Å²) in [7, 11) is 0. The monoisotopic (exact) mass is 271 g/mol. The van der Waals surface area contributed by atoms with E-state index in [1.54, 1.807) is 0 Å². The number of hydrogen-bond acceptors (Lipinski definition) is 2. The molecule has 0 saturated heterocycles. The lowest BCUT2D eigenvalue weighted by molar-refractivity contribution is -0.137. The van der Waals surface area contributed by atoms with Gasteiger partial charge in [0.15, 0.2) is 0 Å². The zero-order valence-corrected chi connectivity index (χ0v) is 10.2. The Morgan fingerprint density at radius 2 is 2.27 bits per heavy atom. The number of halogens is 1. The van der Waals surface area contributed by atoms with Crippen LogP contribution in [0.15, 0.2) is 22.7 Å². The number of anilines is 1. The van der Waals surface area contributed by atoms with Crippen molar-refractivity contribution in [2.75, 3.05) is 11.9 Å². The predicted octanol–water partition coefficient (Wildman–Crippen LogP) is 3.03. The lowest BCUT2D eigenvalue weighted by Gasteiger charge is -2.09. The fourth-order valence-corrected chi connectivity index (χ4v) is 1.63. The van der Waals surface area contributed by atoms with Crippen molar-refractivity contribution in [1.82, 2.24) is 0 Å². The van der Waals surface area contributed by atoms with E-state index >= 15 is 0 Å². The molecule has 0 bridgehead atoms. The highest BCUT2D eigenvalue weighted by Crippen LogP contribution is 2.23. The van der Waals surface area contributed by atoms with Gasteiger partial charge in [-0.05, 0) is 31.0 Å². The average molecular weight is 272 g/mol. The van der Waals surface area contributed by atoms with Gasteiger partial charge in [-0.1, -0.05) is 22.0 Å². The molecule has 2 N–H and O–H groups in total. The van der Waals surface area contributed by atoms with Gasteiger partial charge in [0.05, 0.1) is 0 Å². The molecule has 0 heterocycles. The van der Waals surface area contributed by atoms with Gasteiger partial charge >= 0.3 is 5.97 Å². The van der Waals surface area contributed by atoms with Crippen LogP contribution in [0.5, 0.6) is 0 Å². The zero-order valence-electron chi connectivity index (χ0n) is 8.59. The Kier molecular flexibility index (Phi) is 4.62. The van der Waals surface area contributed by atoms with E-state index in [4.69, 9.17) is 5.11 Å². The van der Waals surface area contributed by atoms with Crippen molar-refractivity contribution in [2.24, 2.45) is 0 Å². The first-order chi connectivity index (χ1) is 7.11. The van der Waals surface area contributed by atoms with E-state index in [0.29, 0.717) is 13.0 Å². The lowest BCUT2D eigenvalue weighted by atomic mass is 10.2. The van der Waals surface area contributed by atoms with Gasteiger partial charge < -0.3 is 10.4 Å². The molecule has 0 radical (unpaired) electrons. The molecule has 82 valence electrons. The van der Waals surface area contributed by atoms with Crippen molar-refractivity contribution in [3.63, 3.8) is 0 Å². The number of aliphatic carboxylic acids is 1. The molecule has 1 aromatic rings. The molecule has 0 aliphatic heterocycles. The van der Waals surface area contributed by atoms with Gasteiger partial charge in [-0.25, -0.2) is 0 Å². The highest BCUT2D eigenvalue weighted by Gasteiger charge is 2.01. The van der Waals surface area contributed by atoms with Gasteiger partial charge in [0, 0.05) is 23.1 Å². The molecule has 0 atom stereocenters. The maximum Gasteiger partial charge on any atom is 0.303 e. The molecule has 0 fully saturated rings. The van der Waals surface area contributed by atoms with Crippen LogP contribution in [0, 0.1) is 6.92 Å². The van der Waals surface area contributed by atoms with Crippen LogP contribution in [0.4, 0.5) is 5.69 Å². The van der Waals surface area contributed by atoms with Crippen molar-refractivity contribution in [3.8, 4) is 0 Å². The van der Waals surface area contributed by atoms with E-state index in [2.05, 4.69) is 21.2 Å². The summed E-state index contributed by atoms with van der Waals surface area (Å²) in [6.07, 6.45) is 0.849. The molecule has 3 nitrogen and oxygen atoms in total. The summed E-state index contributed by atoms with van der Waals surface area (Å²) in [4.78, 5) is 10.3. The first-order valence-corrected chi connectivity index (χ1v) is 5.61. The molecule has 1 aromatic carbocycles. The topological polar surface area (TPSA) is 49.3 Å². The molecule has 0 aliphatic carbocycles. The minimum atomic E-state index is -0.747. The van der Waals surface area contributed by atoms with Crippen molar-refractivity contribution in [1.29, 1.82) is 0 Å². The Labute approximate surface area is 97.6 Å². The van der Waals surface area contributed by atoms with Crippen LogP contribution in [0.1, 0.15) is 18.4 Å². The smallest absolute Gasteiger partial charge is 0.303 e. The summed E-state index contributed by atoms with van der Waals surface area (Å²) in [6.45, 7) is 2.70. The molecule has 1 rings (SSSR count). The lowest BCUT2D eigenvalue weighted by Crippen LogP contribution is -2.05. The van der Waals surface area contributed by atoms with Gasteiger partial charge in [-0.15, -0.1) is 0 Å². The minimum absolute atomic E-state index is 0.208. The second kappa shape index (κ2) is 5.75. The number of carboxylic acids is 1. The summed E-state index contributed by atoms with van der Waals surface area (Å²) in [5.74, 6) is -0.747. The number of nitrogens with one attached hydrogen (secondary N) is 1. The number of rotatable bonds is 5. The molecule has 0 saturated carbocycles. The number of carboxylic acid groups (broad SMARTS) is 1. The molecule has 0 aliphatic rings.